The van der Waals surface area contributed by atoms with Crippen molar-refractivity contribution in [2.75, 3.05) is 33.4 Å². The molecule has 0 spiro atoms. The van der Waals surface area contributed by atoms with Crippen LogP contribution in [0.1, 0.15) is 56.9 Å². The lowest BCUT2D eigenvalue weighted by Crippen LogP contribution is -2.44. The van der Waals surface area contributed by atoms with Gasteiger partial charge in [0.1, 0.15) is 5.75 Å². The van der Waals surface area contributed by atoms with Crippen molar-refractivity contribution in [1.29, 1.82) is 0 Å². The summed E-state index contributed by atoms with van der Waals surface area (Å²) in [6.45, 7) is 3.43. The number of hydrogen-bond acceptors (Lipinski definition) is 4. The molecule has 26 heavy (non-hydrogen) atoms. The van der Waals surface area contributed by atoms with Crippen LogP contribution in [0.2, 0.25) is 0 Å². The van der Waals surface area contributed by atoms with E-state index in [-0.39, 0.29) is 5.92 Å². The fourth-order valence-corrected chi connectivity index (χ4v) is 4.15. The number of ether oxygens (including phenoxy) is 2. The highest BCUT2D eigenvalue weighted by Crippen LogP contribution is 2.42. The van der Waals surface area contributed by atoms with Gasteiger partial charge in [-0.1, -0.05) is 31.0 Å². The SMILES string of the molecule is COCCCC[C@@](O)(c1ccccc1OCCC1CC1)C1CCCNC1. The molecule has 2 fully saturated rings. The molecule has 1 aliphatic heterocycles. The Labute approximate surface area is 158 Å². The maximum atomic E-state index is 11.8. The molecule has 0 aromatic heterocycles. The van der Waals surface area contributed by atoms with Crippen molar-refractivity contribution in [2.24, 2.45) is 11.8 Å². The molecule has 2 atom stereocenters. The van der Waals surface area contributed by atoms with Gasteiger partial charge in [0.05, 0.1) is 12.2 Å². The number of para-hydroxylation sites is 1. The zero-order valence-electron chi connectivity index (χ0n) is 16.2. The van der Waals surface area contributed by atoms with Gasteiger partial charge in [-0.3, -0.25) is 0 Å². The van der Waals surface area contributed by atoms with Gasteiger partial charge >= 0.3 is 0 Å². The molecule has 1 saturated heterocycles. The zero-order valence-corrected chi connectivity index (χ0v) is 16.2. The third-order valence-electron chi connectivity index (χ3n) is 5.96. The molecule has 1 saturated carbocycles. The molecular weight excluding hydrogens is 326 g/mol. The van der Waals surface area contributed by atoms with Crippen LogP contribution in [0.5, 0.6) is 5.75 Å². The molecule has 2 aliphatic rings. The molecule has 1 aliphatic carbocycles. The van der Waals surface area contributed by atoms with Crippen molar-refractivity contribution < 1.29 is 14.6 Å². The number of aliphatic hydroxyl groups is 1. The number of hydrogen-bond donors (Lipinski definition) is 2. The molecule has 4 heteroatoms. The average molecular weight is 362 g/mol. The molecule has 1 heterocycles. The van der Waals surface area contributed by atoms with E-state index in [0.29, 0.717) is 0 Å². The standard InChI is InChI=1S/C22H35NO3/c1-25-15-5-4-13-22(24,19-7-6-14-23-17-19)20-8-2-3-9-21(20)26-16-12-18-10-11-18/h2-3,8-9,18-19,23-24H,4-7,10-17H2,1H3/t19?,22-/m0/s1. The largest absolute Gasteiger partial charge is 0.493 e. The molecule has 1 unspecified atom stereocenters. The van der Waals surface area contributed by atoms with Gasteiger partial charge in [0.15, 0.2) is 0 Å². The van der Waals surface area contributed by atoms with Crippen molar-refractivity contribution in [3.8, 4) is 5.75 Å². The van der Waals surface area contributed by atoms with Crippen LogP contribution in [0.3, 0.4) is 0 Å². The maximum Gasteiger partial charge on any atom is 0.125 e. The van der Waals surface area contributed by atoms with E-state index in [0.717, 1.165) is 82.1 Å². The first kappa shape index (κ1) is 19.7. The second kappa shape index (κ2) is 9.72. The molecule has 0 radical (unpaired) electrons. The first-order chi connectivity index (χ1) is 12.7. The summed E-state index contributed by atoms with van der Waals surface area (Å²) in [6, 6.07) is 8.13. The Morgan fingerprint density at radius 3 is 2.73 bits per heavy atom. The minimum atomic E-state index is -0.836. The van der Waals surface area contributed by atoms with Crippen LogP contribution < -0.4 is 10.1 Å². The van der Waals surface area contributed by atoms with Crippen molar-refractivity contribution in [1.82, 2.24) is 5.32 Å². The van der Waals surface area contributed by atoms with Crippen LogP contribution >= 0.6 is 0 Å². The quantitative estimate of drug-likeness (QED) is 0.588. The Morgan fingerprint density at radius 2 is 2.00 bits per heavy atom. The van der Waals surface area contributed by atoms with Crippen LogP contribution in [0.15, 0.2) is 24.3 Å². The molecule has 0 bridgehead atoms. The summed E-state index contributed by atoms with van der Waals surface area (Å²) in [6.07, 6.45) is 8.70. The minimum absolute atomic E-state index is 0.229. The summed E-state index contributed by atoms with van der Waals surface area (Å²) in [5.74, 6) is 1.96. The number of nitrogens with one attached hydrogen (secondary N) is 1. The molecule has 1 aromatic rings. The van der Waals surface area contributed by atoms with Crippen LogP contribution in [-0.2, 0) is 10.3 Å². The monoisotopic (exact) mass is 361 g/mol. The Morgan fingerprint density at radius 1 is 1.15 bits per heavy atom. The van der Waals surface area contributed by atoms with Crippen molar-refractivity contribution in [3.05, 3.63) is 29.8 Å². The Hall–Kier alpha value is -1.10. The Bertz CT molecular complexity index is 540. The van der Waals surface area contributed by atoms with Gasteiger partial charge in [-0.25, -0.2) is 0 Å². The molecule has 3 rings (SSSR count). The van der Waals surface area contributed by atoms with Crippen molar-refractivity contribution in [2.45, 2.75) is 57.0 Å². The number of benzene rings is 1. The van der Waals surface area contributed by atoms with Crippen LogP contribution in [0, 0.1) is 11.8 Å². The van der Waals surface area contributed by atoms with Crippen molar-refractivity contribution in [3.63, 3.8) is 0 Å². The smallest absolute Gasteiger partial charge is 0.125 e. The molecular formula is C22H35NO3. The first-order valence-corrected chi connectivity index (χ1v) is 10.4. The van der Waals surface area contributed by atoms with Gasteiger partial charge in [-0.05, 0) is 57.1 Å². The lowest BCUT2D eigenvalue weighted by molar-refractivity contribution is -0.0453. The second-order valence-electron chi connectivity index (χ2n) is 7.99. The van der Waals surface area contributed by atoms with E-state index in [2.05, 4.69) is 11.4 Å². The predicted molar refractivity (Wildman–Crippen MR) is 104 cm³/mol. The molecule has 1 aromatic carbocycles. The van der Waals surface area contributed by atoms with Crippen LogP contribution in [0.25, 0.3) is 0 Å². The molecule has 146 valence electrons. The van der Waals surface area contributed by atoms with Gasteiger partial charge in [0.2, 0.25) is 0 Å². The van der Waals surface area contributed by atoms with Gasteiger partial charge in [0.25, 0.3) is 0 Å². The van der Waals surface area contributed by atoms with Gasteiger partial charge in [-0.15, -0.1) is 0 Å². The number of unbranched alkanes of at least 4 members (excludes halogenated alkanes) is 1. The maximum absolute atomic E-state index is 11.8. The number of piperidine rings is 1. The summed E-state index contributed by atoms with van der Waals surface area (Å²) < 4.78 is 11.3. The van der Waals surface area contributed by atoms with E-state index < -0.39 is 5.60 Å². The first-order valence-electron chi connectivity index (χ1n) is 10.4. The third kappa shape index (κ3) is 5.21. The highest BCUT2D eigenvalue weighted by molar-refractivity contribution is 5.39. The summed E-state index contributed by atoms with van der Waals surface area (Å²) in [4.78, 5) is 0. The van der Waals surface area contributed by atoms with E-state index in [4.69, 9.17) is 9.47 Å². The van der Waals surface area contributed by atoms with E-state index in [1.54, 1.807) is 7.11 Å². The highest BCUT2D eigenvalue weighted by Gasteiger charge is 2.40. The summed E-state index contributed by atoms with van der Waals surface area (Å²) >= 11 is 0. The number of rotatable bonds is 11. The lowest BCUT2D eigenvalue weighted by atomic mass is 9.74. The fourth-order valence-electron chi connectivity index (χ4n) is 4.15. The molecule has 0 amide bonds. The Kier molecular flexibility index (Phi) is 7.35. The normalized spacial score (nSPS) is 22.8. The molecule has 2 N–H and O–H groups in total. The topological polar surface area (TPSA) is 50.7 Å². The summed E-state index contributed by atoms with van der Waals surface area (Å²) in [5, 5.41) is 15.3. The van der Waals surface area contributed by atoms with Crippen LogP contribution in [-0.4, -0.2) is 38.5 Å². The summed E-state index contributed by atoms with van der Waals surface area (Å²) in [7, 11) is 1.74. The van der Waals surface area contributed by atoms with Gasteiger partial charge in [-0.2, -0.15) is 0 Å². The fraction of sp³-hybridized carbons (Fsp3) is 0.727. The van der Waals surface area contributed by atoms with E-state index in [1.165, 1.54) is 12.8 Å². The van der Waals surface area contributed by atoms with Gasteiger partial charge in [0, 0.05) is 31.7 Å². The van der Waals surface area contributed by atoms with E-state index in [9.17, 15) is 5.11 Å². The van der Waals surface area contributed by atoms with Crippen LogP contribution in [0.4, 0.5) is 0 Å². The predicted octanol–water partition coefficient (Wildman–Crippen LogP) is 3.87. The zero-order chi connectivity index (χ0) is 18.2. The lowest BCUT2D eigenvalue weighted by Gasteiger charge is -2.40. The summed E-state index contributed by atoms with van der Waals surface area (Å²) in [5.41, 5.74) is 0.138. The third-order valence-corrected chi connectivity index (χ3v) is 5.96. The molecule has 4 nitrogen and oxygen atoms in total. The van der Waals surface area contributed by atoms with Crippen molar-refractivity contribution >= 4 is 0 Å². The highest BCUT2D eigenvalue weighted by atomic mass is 16.5. The van der Waals surface area contributed by atoms with E-state index in [1.807, 2.05) is 18.2 Å². The average Bonchev–Trinajstić information content (AvgIpc) is 3.51. The Balaban J connectivity index is 1.75. The van der Waals surface area contributed by atoms with Gasteiger partial charge < -0.3 is 19.9 Å². The number of methoxy groups -OCH3 is 1. The minimum Gasteiger partial charge on any atom is -0.493 e. The second-order valence-corrected chi connectivity index (χ2v) is 7.99. The van der Waals surface area contributed by atoms with E-state index >= 15 is 0 Å².